The third-order valence-electron chi connectivity index (χ3n) is 6.59. The van der Waals surface area contributed by atoms with E-state index in [0.29, 0.717) is 38.5 Å². The highest BCUT2D eigenvalue weighted by Gasteiger charge is 2.50. The van der Waals surface area contributed by atoms with E-state index < -0.39 is 40.0 Å². The lowest BCUT2D eigenvalue weighted by atomic mass is 10.3. The minimum Gasteiger partial charge on any atom is -0.547 e. The Kier molecular flexibility index (Phi) is 18.1. The van der Waals surface area contributed by atoms with Crippen molar-refractivity contribution in [2.45, 2.75) is 111 Å². The van der Waals surface area contributed by atoms with Crippen molar-refractivity contribution in [2.75, 3.05) is 45.1 Å². The predicted octanol–water partition coefficient (Wildman–Crippen LogP) is 7.47. The van der Waals surface area contributed by atoms with Gasteiger partial charge in [-0.05, 0) is 85.9 Å². The second-order valence-corrected chi connectivity index (χ2v) is 29.1. The van der Waals surface area contributed by atoms with Gasteiger partial charge in [0.2, 0.25) is 25.7 Å². The SMILES string of the molecule is C=C(C)COC[Si](C)(C)O/C=C(\C)C(OC(CC)[SiH]1CCCCO1)(O[Si](C)(C)COCC(=C)C)O[Si](C)(C)COCC(=C)C. The predicted molar refractivity (Wildman–Crippen MR) is 191 cm³/mol. The van der Waals surface area contributed by atoms with Crippen LogP contribution in [-0.4, -0.2) is 90.8 Å². The van der Waals surface area contributed by atoms with E-state index >= 15 is 0 Å². The third-order valence-corrected chi connectivity index (χ3v) is 14.8. The van der Waals surface area contributed by atoms with E-state index in [0.717, 1.165) is 54.2 Å². The summed E-state index contributed by atoms with van der Waals surface area (Å²) in [5.41, 5.74) is 3.53. The van der Waals surface area contributed by atoms with Crippen molar-refractivity contribution in [3.05, 3.63) is 48.3 Å². The molecule has 2 atom stereocenters. The van der Waals surface area contributed by atoms with Gasteiger partial charge in [0.25, 0.3) is 14.3 Å². The van der Waals surface area contributed by atoms with Crippen molar-refractivity contribution in [3.8, 4) is 0 Å². The van der Waals surface area contributed by atoms with Crippen molar-refractivity contribution in [1.82, 2.24) is 0 Å². The molecule has 0 spiro atoms. The molecular formula is C32H64O8Si4. The maximum absolute atomic E-state index is 7.13. The van der Waals surface area contributed by atoms with Gasteiger partial charge in [0.1, 0.15) is 0 Å². The van der Waals surface area contributed by atoms with Crippen molar-refractivity contribution in [3.63, 3.8) is 0 Å². The van der Waals surface area contributed by atoms with Crippen molar-refractivity contribution in [2.24, 2.45) is 0 Å². The molecule has 44 heavy (non-hydrogen) atoms. The first-order chi connectivity index (χ1) is 20.3. The Bertz CT molecular complexity index is 911. The number of rotatable bonds is 23. The lowest BCUT2D eigenvalue weighted by Crippen LogP contribution is -2.59. The summed E-state index contributed by atoms with van der Waals surface area (Å²) in [6, 6.07) is 1.07. The average Bonchev–Trinajstić information content (AvgIpc) is 2.89. The van der Waals surface area contributed by atoms with E-state index in [1.165, 1.54) is 0 Å². The molecular weight excluding hydrogens is 625 g/mol. The number of ether oxygens (including phenoxy) is 4. The van der Waals surface area contributed by atoms with Gasteiger partial charge in [-0.15, -0.1) is 0 Å². The van der Waals surface area contributed by atoms with E-state index in [2.05, 4.69) is 65.9 Å². The molecule has 0 bridgehead atoms. The van der Waals surface area contributed by atoms with Crippen LogP contribution >= 0.6 is 0 Å². The van der Waals surface area contributed by atoms with Crippen LogP contribution in [0.15, 0.2) is 48.3 Å². The normalized spacial score (nSPS) is 17.8. The second-order valence-electron chi connectivity index (χ2n) is 14.3. The summed E-state index contributed by atoms with van der Waals surface area (Å²) in [5.74, 6) is -1.48. The lowest BCUT2D eigenvalue weighted by Gasteiger charge is -2.46. The van der Waals surface area contributed by atoms with Crippen LogP contribution in [0.25, 0.3) is 0 Å². The van der Waals surface area contributed by atoms with Crippen LogP contribution in [0.2, 0.25) is 45.3 Å². The average molecular weight is 689 g/mol. The molecule has 2 unspecified atom stereocenters. The highest BCUT2D eigenvalue weighted by molar-refractivity contribution is 6.72. The Labute approximate surface area is 274 Å². The minimum atomic E-state index is -2.55. The van der Waals surface area contributed by atoms with Crippen LogP contribution in [0.3, 0.4) is 0 Å². The Morgan fingerprint density at radius 2 is 1.23 bits per heavy atom. The smallest absolute Gasteiger partial charge is 0.292 e. The van der Waals surface area contributed by atoms with Gasteiger partial charge < -0.3 is 36.7 Å². The Hall–Kier alpha value is -0.652. The molecule has 0 aromatic carbocycles. The van der Waals surface area contributed by atoms with Crippen LogP contribution < -0.4 is 0 Å². The van der Waals surface area contributed by atoms with Crippen molar-refractivity contribution < 1.29 is 36.7 Å². The van der Waals surface area contributed by atoms with Gasteiger partial charge >= 0.3 is 0 Å². The molecule has 1 rings (SSSR count). The summed E-state index contributed by atoms with van der Waals surface area (Å²) in [6.07, 6.45) is 6.29. The lowest BCUT2D eigenvalue weighted by molar-refractivity contribution is -0.298. The molecule has 1 aliphatic rings. The molecule has 256 valence electrons. The van der Waals surface area contributed by atoms with Gasteiger partial charge in [-0.25, -0.2) is 0 Å². The monoisotopic (exact) mass is 688 g/mol. The first-order valence-corrected chi connectivity index (χ1v) is 27.3. The van der Waals surface area contributed by atoms with E-state index in [-0.39, 0.29) is 5.73 Å². The Morgan fingerprint density at radius 3 is 1.61 bits per heavy atom. The third kappa shape index (κ3) is 16.8. The molecule has 1 fully saturated rings. The quantitative estimate of drug-likeness (QED) is 0.0474. The molecule has 0 amide bonds. The highest BCUT2D eigenvalue weighted by Crippen LogP contribution is 2.36. The summed E-state index contributed by atoms with van der Waals surface area (Å²) in [5, 5.41) is 0. The van der Waals surface area contributed by atoms with E-state index in [1.807, 2.05) is 27.7 Å². The summed E-state index contributed by atoms with van der Waals surface area (Å²) in [7, 11) is -9.03. The van der Waals surface area contributed by atoms with Gasteiger partial charge in [0.05, 0.1) is 50.5 Å². The first kappa shape index (κ1) is 41.4. The molecule has 0 saturated carbocycles. The highest BCUT2D eigenvalue weighted by atomic mass is 28.4. The summed E-state index contributed by atoms with van der Waals surface area (Å²) in [6.45, 7) is 37.0. The van der Waals surface area contributed by atoms with Crippen LogP contribution in [-0.2, 0) is 36.7 Å². The van der Waals surface area contributed by atoms with E-state index in [1.54, 1.807) is 6.26 Å². The number of hydrogen-bond donors (Lipinski definition) is 0. The molecule has 1 saturated heterocycles. The second kappa shape index (κ2) is 19.2. The maximum atomic E-state index is 7.13. The van der Waals surface area contributed by atoms with E-state index in [9.17, 15) is 0 Å². The Morgan fingerprint density at radius 1 is 0.773 bits per heavy atom. The van der Waals surface area contributed by atoms with Gasteiger partial charge in [0, 0.05) is 12.2 Å². The molecule has 0 aromatic heterocycles. The maximum Gasteiger partial charge on any atom is 0.292 e. The molecule has 0 aliphatic carbocycles. The zero-order valence-electron chi connectivity index (χ0n) is 29.9. The summed E-state index contributed by atoms with van der Waals surface area (Å²) < 4.78 is 52.3. The van der Waals surface area contributed by atoms with Gasteiger partial charge in [-0.2, -0.15) is 0 Å². The minimum absolute atomic E-state index is 0.106. The van der Waals surface area contributed by atoms with Crippen molar-refractivity contribution in [1.29, 1.82) is 0 Å². The molecule has 0 radical (unpaired) electrons. The zero-order valence-corrected chi connectivity index (χ0v) is 34.1. The molecule has 8 nitrogen and oxygen atoms in total. The molecule has 1 aliphatic heterocycles. The molecule has 0 N–H and O–H groups in total. The molecule has 12 heteroatoms. The van der Waals surface area contributed by atoms with Crippen LogP contribution in [0.5, 0.6) is 0 Å². The number of hydrogen-bond acceptors (Lipinski definition) is 8. The van der Waals surface area contributed by atoms with Gasteiger partial charge in [-0.1, -0.05) is 49.8 Å². The molecule has 1 heterocycles. The van der Waals surface area contributed by atoms with E-state index in [4.69, 9.17) is 36.7 Å². The largest absolute Gasteiger partial charge is 0.547 e. The van der Waals surface area contributed by atoms with Crippen LogP contribution in [0, 0.1) is 0 Å². The Balaban J connectivity index is 3.58. The van der Waals surface area contributed by atoms with Gasteiger partial charge in [-0.3, -0.25) is 0 Å². The topological polar surface area (TPSA) is 73.8 Å². The van der Waals surface area contributed by atoms with Crippen molar-refractivity contribution >= 4 is 34.0 Å². The molecule has 0 aromatic rings. The fourth-order valence-electron chi connectivity index (χ4n) is 4.56. The fraction of sp³-hybridized carbons (Fsp3) is 0.750. The zero-order chi connectivity index (χ0) is 33.6. The standard InChI is InChI=1S/C32H64O8Si4/c1-15-31(41-19-17-16-18-36-41)38-32(39-43(11,12)25-34-21-28(4)5,40-44(13,14)26-35-22-29(6)7)30(8)23-37-42(9,10)24-33-20-27(2)3/h23,31,41H,2,4,6,15-22,24-26H2,1,3,5,7-14H3/b30-23+. The fourth-order valence-corrected chi connectivity index (χ4v) is 11.8. The van der Waals surface area contributed by atoms with Crippen LogP contribution in [0.4, 0.5) is 0 Å². The first-order valence-electron chi connectivity index (χ1n) is 16.0. The van der Waals surface area contributed by atoms with Gasteiger partial charge in [0.15, 0.2) is 0 Å². The summed E-state index contributed by atoms with van der Waals surface area (Å²) in [4.78, 5) is 0. The summed E-state index contributed by atoms with van der Waals surface area (Å²) >= 11 is 0. The van der Waals surface area contributed by atoms with Crippen LogP contribution in [0.1, 0.15) is 53.9 Å².